The highest BCUT2D eigenvalue weighted by Gasteiger charge is 2.07. The minimum Gasteiger partial charge on any atom is -0.508 e. The number of carbonyl (C=O) groups excluding carboxylic acids is 1. The molecular weight excluding hydrogens is 244 g/mol. The topological polar surface area (TPSA) is 37.3 Å². The number of alkyl halides is 1. The first kappa shape index (κ1) is 11.2. The van der Waals surface area contributed by atoms with Crippen molar-refractivity contribution in [1.29, 1.82) is 0 Å². The number of carbonyl (C=O) groups is 1. The molecular formula is C11H13BrO2. The average molecular weight is 257 g/mol. The summed E-state index contributed by atoms with van der Waals surface area (Å²) >= 11 is 3.22. The lowest BCUT2D eigenvalue weighted by Gasteiger charge is -2.03. The standard InChI is InChI=1S/C11H13BrO2/c1-2-8-5-9(7-10(13)6-8)11(14)3-4-12/h5-7,13H,2-4H2,1H3. The van der Waals surface area contributed by atoms with Gasteiger partial charge in [0.05, 0.1) is 0 Å². The highest BCUT2D eigenvalue weighted by molar-refractivity contribution is 9.09. The zero-order valence-electron chi connectivity index (χ0n) is 8.09. The summed E-state index contributed by atoms with van der Waals surface area (Å²) in [6.45, 7) is 1.99. The predicted octanol–water partition coefficient (Wildman–Crippen LogP) is 2.92. The Morgan fingerprint density at radius 1 is 1.43 bits per heavy atom. The molecule has 1 aromatic carbocycles. The quantitative estimate of drug-likeness (QED) is 0.665. The van der Waals surface area contributed by atoms with E-state index in [0.717, 1.165) is 12.0 Å². The fourth-order valence-corrected chi connectivity index (χ4v) is 1.63. The van der Waals surface area contributed by atoms with Gasteiger partial charge in [-0.25, -0.2) is 0 Å². The van der Waals surface area contributed by atoms with Crippen molar-refractivity contribution in [3.8, 4) is 5.75 Å². The van der Waals surface area contributed by atoms with E-state index in [1.165, 1.54) is 6.07 Å². The molecule has 14 heavy (non-hydrogen) atoms. The second-order valence-electron chi connectivity index (χ2n) is 3.10. The number of phenols is 1. The number of aromatic hydroxyl groups is 1. The number of phenolic OH excluding ortho intramolecular Hbond substituents is 1. The molecule has 0 radical (unpaired) electrons. The summed E-state index contributed by atoms with van der Waals surface area (Å²) in [6, 6.07) is 5.04. The highest BCUT2D eigenvalue weighted by atomic mass is 79.9. The van der Waals surface area contributed by atoms with Crippen molar-refractivity contribution >= 4 is 21.7 Å². The van der Waals surface area contributed by atoms with Crippen molar-refractivity contribution in [3.63, 3.8) is 0 Å². The van der Waals surface area contributed by atoms with Gasteiger partial charge in [0.2, 0.25) is 0 Å². The van der Waals surface area contributed by atoms with Crippen LogP contribution in [0, 0.1) is 0 Å². The van der Waals surface area contributed by atoms with E-state index in [4.69, 9.17) is 0 Å². The maximum absolute atomic E-state index is 11.5. The molecule has 1 rings (SSSR count). The summed E-state index contributed by atoms with van der Waals surface area (Å²) in [5, 5.41) is 10.0. The molecule has 0 aromatic heterocycles. The van der Waals surface area contributed by atoms with Crippen molar-refractivity contribution < 1.29 is 9.90 Å². The van der Waals surface area contributed by atoms with Crippen molar-refractivity contribution in [2.45, 2.75) is 19.8 Å². The lowest BCUT2D eigenvalue weighted by Crippen LogP contribution is -2.00. The Bertz CT molecular complexity index is 334. The maximum Gasteiger partial charge on any atom is 0.163 e. The third-order valence-electron chi connectivity index (χ3n) is 2.03. The molecule has 1 aromatic rings. The van der Waals surface area contributed by atoms with Crippen LogP contribution < -0.4 is 0 Å². The van der Waals surface area contributed by atoms with Crippen LogP contribution in [0.2, 0.25) is 0 Å². The van der Waals surface area contributed by atoms with E-state index in [1.807, 2.05) is 13.0 Å². The number of hydrogen-bond donors (Lipinski definition) is 1. The van der Waals surface area contributed by atoms with Gasteiger partial charge in [0.25, 0.3) is 0 Å². The molecule has 0 bridgehead atoms. The van der Waals surface area contributed by atoms with Crippen LogP contribution in [0.4, 0.5) is 0 Å². The number of hydrogen-bond acceptors (Lipinski definition) is 2. The van der Waals surface area contributed by atoms with E-state index >= 15 is 0 Å². The van der Waals surface area contributed by atoms with Crippen LogP contribution in [0.15, 0.2) is 18.2 Å². The van der Waals surface area contributed by atoms with Gasteiger partial charge in [-0.15, -0.1) is 0 Å². The van der Waals surface area contributed by atoms with Gasteiger partial charge in [0.1, 0.15) is 5.75 Å². The fourth-order valence-electron chi connectivity index (χ4n) is 1.27. The molecule has 0 amide bonds. The van der Waals surface area contributed by atoms with E-state index < -0.39 is 0 Å². The summed E-state index contributed by atoms with van der Waals surface area (Å²) in [7, 11) is 0. The summed E-state index contributed by atoms with van der Waals surface area (Å²) in [6.07, 6.45) is 1.29. The van der Waals surface area contributed by atoms with E-state index in [2.05, 4.69) is 15.9 Å². The summed E-state index contributed by atoms with van der Waals surface area (Å²) in [4.78, 5) is 11.5. The Morgan fingerprint density at radius 2 is 2.14 bits per heavy atom. The number of Topliss-reactive ketones (excluding diaryl/α,β-unsaturated/α-hetero) is 1. The van der Waals surface area contributed by atoms with Crippen LogP contribution in [-0.4, -0.2) is 16.2 Å². The lowest BCUT2D eigenvalue weighted by atomic mass is 10.0. The van der Waals surface area contributed by atoms with Gasteiger partial charge in [0, 0.05) is 17.3 Å². The third kappa shape index (κ3) is 2.84. The zero-order valence-corrected chi connectivity index (χ0v) is 9.67. The van der Waals surface area contributed by atoms with Gasteiger partial charge in [-0.2, -0.15) is 0 Å². The number of ketones is 1. The van der Waals surface area contributed by atoms with Gasteiger partial charge >= 0.3 is 0 Å². The molecule has 0 aliphatic heterocycles. The van der Waals surface area contributed by atoms with Crippen LogP contribution in [-0.2, 0) is 6.42 Å². The van der Waals surface area contributed by atoms with Gasteiger partial charge in [0.15, 0.2) is 5.78 Å². The molecule has 2 nitrogen and oxygen atoms in total. The molecule has 3 heteroatoms. The van der Waals surface area contributed by atoms with Crippen molar-refractivity contribution in [3.05, 3.63) is 29.3 Å². The largest absolute Gasteiger partial charge is 0.508 e. The second-order valence-corrected chi connectivity index (χ2v) is 3.90. The molecule has 0 saturated heterocycles. The number of benzene rings is 1. The van der Waals surface area contributed by atoms with Crippen LogP contribution >= 0.6 is 15.9 Å². The van der Waals surface area contributed by atoms with Gasteiger partial charge in [-0.1, -0.05) is 22.9 Å². The first-order valence-corrected chi connectivity index (χ1v) is 5.71. The SMILES string of the molecule is CCc1cc(O)cc(C(=O)CCBr)c1. The van der Waals surface area contributed by atoms with Crippen molar-refractivity contribution in [2.24, 2.45) is 0 Å². The van der Waals surface area contributed by atoms with Gasteiger partial charge in [-0.3, -0.25) is 4.79 Å². The van der Waals surface area contributed by atoms with E-state index in [1.54, 1.807) is 6.07 Å². The first-order valence-electron chi connectivity index (χ1n) is 4.59. The molecule has 0 heterocycles. The van der Waals surface area contributed by atoms with Crippen LogP contribution in [0.1, 0.15) is 29.3 Å². The molecule has 0 spiro atoms. The summed E-state index contributed by atoms with van der Waals surface area (Å²) < 4.78 is 0. The smallest absolute Gasteiger partial charge is 0.163 e. The van der Waals surface area contributed by atoms with E-state index in [9.17, 15) is 9.90 Å². The van der Waals surface area contributed by atoms with Crippen LogP contribution in [0.25, 0.3) is 0 Å². The lowest BCUT2D eigenvalue weighted by molar-refractivity contribution is 0.0989. The minimum atomic E-state index is 0.0625. The first-order chi connectivity index (χ1) is 6.67. The Kier molecular flexibility index (Phi) is 4.14. The maximum atomic E-state index is 11.5. The summed E-state index contributed by atoms with van der Waals surface area (Å²) in [5.74, 6) is 0.231. The Morgan fingerprint density at radius 3 is 2.71 bits per heavy atom. The Balaban J connectivity index is 2.96. The normalized spacial score (nSPS) is 10.1. The highest BCUT2D eigenvalue weighted by Crippen LogP contribution is 2.17. The molecule has 1 N–H and O–H groups in total. The van der Waals surface area contributed by atoms with Crippen LogP contribution in [0.5, 0.6) is 5.75 Å². The monoisotopic (exact) mass is 256 g/mol. The molecule has 76 valence electrons. The minimum absolute atomic E-state index is 0.0625. The number of halogens is 1. The fraction of sp³-hybridized carbons (Fsp3) is 0.364. The molecule has 0 fully saturated rings. The number of rotatable bonds is 4. The average Bonchev–Trinajstić information content (AvgIpc) is 2.17. The second kappa shape index (κ2) is 5.15. The molecule has 0 atom stereocenters. The molecule has 0 saturated carbocycles. The van der Waals surface area contributed by atoms with Crippen molar-refractivity contribution in [2.75, 3.05) is 5.33 Å². The van der Waals surface area contributed by atoms with E-state index in [-0.39, 0.29) is 11.5 Å². The summed E-state index contributed by atoms with van der Waals surface area (Å²) in [5.41, 5.74) is 1.59. The molecule has 0 aliphatic carbocycles. The van der Waals surface area contributed by atoms with Crippen molar-refractivity contribution in [1.82, 2.24) is 0 Å². The Labute approximate surface area is 92.1 Å². The van der Waals surface area contributed by atoms with Crippen LogP contribution in [0.3, 0.4) is 0 Å². The van der Waals surface area contributed by atoms with Gasteiger partial charge < -0.3 is 5.11 Å². The zero-order chi connectivity index (χ0) is 10.6. The Hall–Kier alpha value is -0.830. The molecule has 0 unspecified atom stereocenters. The van der Waals surface area contributed by atoms with E-state index in [0.29, 0.717) is 17.3 Å². The predicted molar refractivity (Wildman–Crippen MR) is 60.2 cm³/mol. The third-order valence-corrected chi connectivity index (χ3v) is 2.43. The number of aryl methyl sites for hydroxylation is 1. The van der Waals surface area contributed by atoms with Gasteiger partial charge in [-0.05, 0) is 30.2 Å². The molecule has 0 aliphatic rings.